The van der Waals surface area contributed by atoms with Crippen LogP contribution in [0.3, 0.4) is 0 Å². The molecule has 102 valence electrons. The number of hydrogen-bond acceptors (Lipinski definition) is 2. The van der Waals surface area contributed by atoms with E-state index in [2.05, 4.69) is 0 Å². The molecule has 0 aromatic carbocycles. The van der Waals surface area contributed by atoms with Crippen LogP contribution in [0.25, 0.3) is 0 Å². The number of hydrogen-bond donors (Lipinski definition) is 1. The molecule has 9 heteroatoms. The molecule has 0 saturated heterocycles. The van der Waals surface area contributed by atoms with Crippen LogP contribution >= 0.6 is 0 Å². The van der Waals surface area contributed by atoms with Gasteiger partial charge >= 0.3 is 12.4 Å². The summed E-state index contributed by atoms with van der Waals surface area (Å²) in [6, 6.07) is -0.951. The van der Waals surface area contributed by atoms with Gasteiger partial charge in [-0.05, 0) is 6.07 Å². The van der Waals surface area contributed by atoms with Crippen LogP contribution < -0.4 is 11.3 Å². The lowest BCUT2D eigenvalue weighted by molar-refractivity contribution is -0.177. The van der Waals surface area contributed by atoms with E-state index in [1.807, 2.05) is 0 Å². The Kier molecular flexibility index (Phi) is 3.75. The minimum absolute atomic E-state index is 0.375. The highest BCUT2D eigenvalue weighted by Crippen LogP contribution is 2.34. The van der Waals surface area contributed by atoms with Gasteiger partial charge in [0.25, 0.3) is 5.56 Å². The molecule has 0 bridgehead atoms. The van der Waals surface area contributed by atoms with Crippen LogP contribution in [0.1, 0.15) is 11.7 Å². The van der Waals surface area contributed by atoms with Gasteiger partial charge in [0.05, 0.1) is 0 Å². The zero-order valence-corrected chi connectivity index (χ0v) is 8.72. The molecule has 1 aromatic rings. The standard InChI is InChI=1S/C9H8F6N2O/c10-8(11,12)5-2-1-3-7(18)17(5)6(4-16)9(13,14)15/h1-3,6H,4,16H2. The van der Waals surface area contributed by atoms with Crippen LogP contribution in [0.15, 0.2) is 23.0 Å². The highest BCUT2D eigenvalue weighted by molar-refractivity contribution is 5.12. The minimum Gasteiger partial charge on any atom is -0.328 e. The van der Waals surface area contributed by atoms with E-state index in [0.29, 0.717) is 12.1 Å². The fourth-order valence-corrected chi connectivity index (χ4v) is 1.44. The first-order valence-corrected chi connectivity index (χ1v) is 4.64. The Balaban J connectivity index is 3.52. The zero-order valence-electron chi connectivity index (χ0n) is 8.72. The van der Waals surface area contributed by atoms with E-state index in [1.165, 1.54) is 0 Å². The average molecular weight is 274 g/mol. The first kappa shape index (κ1) is 14.6. The number of pyridine rings is 1. The fourth-order valence-electron chi connectivity index (χ4n) is 1.44. The number of aromatic nitrogens is 1. The molecular weight excluding hydrogens is 266 g/mol. The predicted octanol–water partition coefficient (Wildman–Crippen LogP) is 1.93. The fraction of sp³-hybridized carbons (Fsp3) is 0.444. The molecule has 0 saturated carbocycles. The molecule has 0 spiro atoms. The smallest absolute Gasteiger partial charge is 0.328 e. The van der Waals surface area contributed by atoms with Crippen molar-refractivity contribution in [3.05, 3.63) is 34.2 Å². The number of nitrogens with two attached hydrogens (primary N) is 1. The van der Waals surface area contributed by atoms with E-state index >= 15 is 0 Å². The minimum atomic E-state index is -5.07. The number of alkyl halides is 6. The predicted molar refractivity (Wildman–Crippen MR) is 49.9 cm³/mol. The molecule has 2 N–H and O–H groups in total. The molecular formula is C9H8F6N2O. The summed E-state index contributed by atoms with van der Waals surface area (Å²) in [6.45, 7) is -1.16. The first-order chi connectivity index (χ1) is 8.09. The maximum Gasteiger partial charge on any atom is 0.431 e. The van der Waals surface area contributed by atoms with Gasteiger partial charge in [0.1, 0.15) is 11.7 Å². The molecule has 0 aliphatic rings. The number of rotatable bonds is 2. The average Bonchev–Trinajstić information content (AvgIpc) is 2.17. The summed E-state index contributed by atoms with van der Waals surface area (Å²) in [6.07, 6.45) is -10.1. The van der Waals surface area contributed by atoms with E-state index in [4.69, 9.17) is 5.73 Å². The molecule has 1 rings (SSSR count). The Morgan fingerprint density at radius 1 is 1.17 bits per heavy atom. The quantitative estimate of drug-likeness (QED) is 0.838. The zero-order chi connectivity index (χ0) is 14.1. The Morgan fingerprint density at radius 2 is 1.72 bits per heavy atom. The van der Waals surface area contributed by atoms with Gasteiger partial charge in [-0.2, -0.15) is 26.3 Å². The van der Waals surface area contributed by atoms with Crippen molar-refractivity contribution in [3.63, 3.8) is 0 Å². The molecule has 18 heavy (non-hydrogen) atoms. The summed E-state index contributed by atoms with van der Waals surface area (Å²) in [4.78, 5) is 11.2. The normalized spacial score (nSPS) is 14.6. The molecule has 0 aliphatic heterocycles. The van der Waals surface area contributed by atoms with Crippen molar-refractivity contribution in [2.75, 3.05) is 6.54 Å². The molecule has 0 aliphatic carbocycles. The second kappa shape index (κ2) is 4.63. The molecule has 1 unspecified atom stereocenters. The number of nitrogens with zero attached hydrogens (tertiary/aromatic N) is 1. The third kappa shape index (κ3) is 2.84. The maximum absolute atomic E-state index is 12.5. The van der Waals surface area contributed by atoms with Crippen LogP contribution in [-0.2, 0) is 6.18 Å². The van der Waals surface area contributed by atoms with Crippen molar-refractivity contribution in [1.82, 2.24) is 4.57 Å². The first-order valence-electron chi connectivity index (χ1n) is 4.64. The third-order valence-corrected chi connectivity index (χ3v) is 2.19. The van der Waals surface area contributed by atoms with Gasteiger partial charge in [0, 0.05) is 12.6 Å². The van der Waals surface area contributed by atoms with Gasteiger partial charge in [0.2, 0.25) is 0 Å². The Bertz CT molecular complexity index is 475. The summed E-state index contributed by atoms with van der Waals surface area (Å²) in [5.74, 6) is 0. The molecule has 1 aromatic heterocycles. The lowest BCUT2D eigenvalue weighted by Gasteiger charge is -2.24. The summed E-state index contributed by atoms with van der Waals surface area (Å²) >= 11 is 0. The SMILES string of the molecule is NCC(n1c(C(F)(F)F)cccc1=O)C(F)(F)F. The Labute approximate surface area is 96.8 Å². The van der Waals surface area contributed by atoms with Gasteiger partial charge in [-0.1, -0.05) is 6.07 Å². The lowest BCUT2D eigenvalue weighted by atomic mass is 10.2. The second-order valence-corrected chi connectivity index (χ2v) is 3.41. The molecule has 0 amide bonds. The van der Waals surface area contributed by atoms with Crippen LogP contribution in [0.2, 0.25) is 0 Å². The summed E-state index contributed by atoms with van der Waals surface area (Å²) in [7, 11) is 0. The van der Waals surface area contributed by atoms with Gasteiger partial charge in [-0.25, -0.2) is 0 Å². The van der Waals surface area contributed by atoms with Crippen LogP contribution in [0.4, 0.5) is 26.3 Å². The van der Waals surface area contributed by atoms with Crippen molar-refractivity contribution in [1.29, 1.82) is 0 Å². The van der Waals surface area contributed by atoms with Crippen LogP contribution in [0.5, 0.6) is 0 Å². The highest BCUT2D eigenvalue weighted by atomic mass is 19.4. The summed E-state index contributed by atoms with van der Waals surface area (Å²) in [5.41, 5.74) is 1.74. The van der Waals surface area contributed by atoms with Gasteiger partial charge in [-0.3, -0.25) is 9.36 Å². The van der Waals surface area contributed by atoms with Gasteiger partial charge in [0.15, 0.2) is 0 Å². The van der Waals surface area contributed by atoms with Crippen molar-refractivity contribution in [3.8, 4) is 0 Å². The molecule has 3 nitrogen and oxygen atoms in total. The van der Waals surface area contributed by atoms with Crippen molar-refractivity contribution < 1.29 is 26.3 Å². The van der Waals surface area contributed by atoms with Crippen LogP contribution in [0, 0.1) is 0 Å². The van der Waals surface area contributed by atoms with Crippen molar-refractivity contribution in [2.24, 2.45) is 5.73 Å². The van der Waals surface area contributed by atoms with E-state index in [0.717, 1.165) is 6.07 Å². The van der Waals surface area contributed by atoms with Crippen LogP contribution in [-0.4, -0.2) is 17.3 Å². The van der Waals surface area contributed by atoms with E-state index in [9.17, 15) is 31.1 Å². The van der Waals surface area contributed by atoms with Gasteiger partial charge < -0.3 is 5.73 Å². The second-order valence-electron chi connectivity index (χ2n) is 3.41. The highest BCUT2D eigenvalue weighted by Gasteiger charge is 2.45. The topological polar surface area (TPSA) is 48.0 Å². The monoisotopic (exact) mass is 274 g/mol. The lowest BCUT2D eigenvalue weighted by Crippen LogP contribution is -2.41. The van der Waals surface area contributed by atoms with Crippen molar-refractivity contribution >= 4 is 0 Å². The third-order valence-electron chi connectivity index (χ3n) is 2.19. The molecule has 1 atom stereocenters. The largest absolute Gasteiger partial charge is 0.431 e. The molecule has 0 fully saturated rings. The maximum atomic E-state index is 12.5. The van der Waals surface area contributed by atoms with E-state index in [1.54, 1.807) is 0 Å². The molecule has 1 heterocycles. The Hall–Kier alpha value is -1.51. The van der Waals surface area contributed by atoms with E-state index in [-0.39, 0.29) is 4.57 Å². The summed E-state index contributed by atoms with van der Waals surface area (Å²) < 4.78 is 74.9. The number of halogens is 6. The Morgan fingerprint density at radius 3 is 2.11 bits per heavy atom. The summed E-state index contributed by atoms with van der Waals surface area (Å²) in [5, 5.41) is 0. The van der Waals surface area contributed by atoms with Crippen molar-refractivity contribution in [2.45, 2.75) is 18.4 Å². The van der Waals surface area contributed by atoms with Gasteiger partial charge in [-0.15, -0.1) is 0 Å². The molecule has 0 radical (unpaired) electrons. The van der Waals surface area contributed by atoms with E-state index < -0.39 is 36.2 Å².